The van der Waals surface area contributed by atoms with Crippen molar-refractivity contribution < 1.29 is 19.1 Å². The zero-order valence-corrected chi connectivity index (χ0v) is 12.2. The highest BCUT2D eigenvalue weighted by Crippen LogP contribution is 2.29. The molecule has 1 atom stereocenters. The second-order valence-electron chi connectivity index (χ2n) is 4.69. The molecule has 5 nitrogen and oxygen atoms in total. The molecule has 0 aliphatic rings. The van der Waals surface area contributed by atoms with Gasteiger partial charge in [-0.2, -0.15) is 0 Å². The number of hydrogen-bond acceptors (Lipinski definition) is 4. The molecule has 0 saturated carbocycles. The van der Waals surface area contributed by atoms with Gasteiger partial charge in [-0.05, 0) is 18.6 Å². The Morgan fingerprint density at radius 1 is 1.05 bits per heavy atom. The van der Waals surface area contributed by atoms with Crippen molar-refractivity contribution in [2.45, 2.75) is 13.0 Å². The maximum atomic E-state index is 11.6. The molecule has 0 aliphatic heterocycles. The molecule has 0 aromatic heterocycles. The Labute approximate surface area is 128 Å². The van der Waals surface area contributed by atoms with Crippen LogP contribution < -0.4 is 10.5 Å². The van der Waals surface area contributed by atoms with E-state index in [1.54, 1.807) is 6.07 Å². The van der Waals surface area contributed by atoms with Crippen LogP contribution in [0.2, 0.25) is 0 Å². The molecular formula is C17H17NO4. The largest absolute Gasteiger partial charge is 0.481 e. The molecule has 0 spiro atoms. The van der Waals surface area contributed by atoms with E-state index in [1.807, 2.05) is 48.5 Å². The van der Waals surface area contributed by atoms with E-state index < -0.39 is 18.0 Å². The quantitative estimate of drug-likeness (QED) is 0.829. The van der Waals surface area contributed by atoms with Crippen molar-refractivity contribution in [3.63, 3.8) is 0 Å². The molecule has 0 fully saturated rings. The Hall–Kier alpha value is -2.82. The SMILES string of the molecule is CC(OC(=O)COc1ccccc1-c1ccccc1)C(N)=O. The number of benzene rings is 2. The monoisotopic (exact) mass is 299 g/mol. The smallest absolute Gasteiger partial charge is 0.344 e. The summed E-state index contributed by atoms with van der Waals surface area (Å²) in [5, 5.41) is 0. The summed E-state index contributed by atoms with van der Waals surface area (Å²) in [6, 6.07) is 17.1. The molecule has 22 heavy (non-hydrogen) atoms. The highest BCUT2D eigenvalue weighted by molar-refractivity contribution is 5.82. The molecule has 0 radical (unpaired) electrons. The molecule has 1 amide bonds. The zero-order chi connectivity index (χ0) is 15.9. The predicted molar refractivity (Wildman–Crippen MR) is 82.1 cm³/mol. The lowest BCUT2D eigenvalue weighted by Crippen LogP contribution is -2.32. The van der Waals surface area contributed by atoms with Gasteiger partial charge < -0.3 is 15.2 Å². The minimum Gasteiger partial charge on any atom is -0.481 e. The van der Waals surface area contributed by atoms with E-state index in [4.69, 9.17) is 15.2 Å². The van der Waals surface area contributed by atoms with E-state index in [2.05, 4.69) is 0 Å². The lowest BCUT2D eigenvalue weighted by molar-refractivity contribution is -0.155. The molecule has 2 rings (SSSR count). The Morgan fingerprint density at radius 3 is 2.36 bits per heavy atom. The van der Waals surface area contributed by atoms with Crippen molar-refractivity contribution in [1.82, 2.24) is 0 Å². The Kier molecular flexibility index (Phi) is 5.14. The maximum absolute atomic E-state index is 11.6. The van der Waals surface area contributed by atoms with Crippen molar-refractivity contribution in [3.8, 4) is 16.9 Å². The first-order valence-electron chi connectivity index (χ1n) is 6.84. The van der Waals surface area contributed by atoms with Crippen LogP contribution in [0.25, 0.3) is 11.1 Å². The van der Waals surface area contributed by atoms with Gasteiger partial charge in [0.2, 0.25) is 0 Å². The van der Waals surface area contributed by atoms with Gasteiger partial charge in [-0.25, -0.2) is 4.79 Å². The number of primary amides is 1. The number of para-hydroxylation sites is 1. The number of amides is 1. The molecular weight excluding hydrogens is 282 g/mol. The lowest BCUT2D eigenvalue weighted by atomic mass is 10.1. The van der Waals surface area contributed by atoms with Crippen LogP contribution in [0, 0.1) is 0 Å². The normalized spacial score (nSPS) is 11.5. The van der Waals surface area contributed by atoms with Crippen molar-refractivity contribution in [2.24, 2.45) is 5.73 Å². The number of carbonyl (C=O) groups excluding carboxylic acids is 2. The Bertz CT molecular complexity index is 655. The van der Waals surface area contributed by atoms with E-state index in [1.165, 1.54) is 6.92 Å². The van der Waals surface area contributed by atoms with Gasteiger partial charge >= 0.3 is 5.97 Å². The van der Waals surface area contributed by atoms with E-state index in [0.29, 0.717) is 5.75 Å². The summed E-state index contributed by atoms with van der Waals surface area (Å²) in [4.78, 5) is 22.5. The van der Waals surface area contributed by atoms with Crippen LogP contribution in [0.3, 0.4) is 0 Å². The lowest BCUT2D eigenvalue weighted by Gasteiger charge is -2.13. The van der Waals surface area contributed by atoms with Crippen LogP contribution in [0.5, 0.6) is 5.75 Å². The molecule has 0 heterocycles. The predicted octanol–water partition coefficient (Wildman–Crippen LogP) is 2.15. The molecule has 0 saturated heterocycles. The summed E-state index contributed by atoms with van der Waals surface area (Å²) >= 11 is 0. The number of ether oxygens (including phenoxy) is 2. The van der Waals surface area contributed by atoms with Gasteiger partial charge in [0, 0.05) is 5.56 Å². The fourth-order valence-corrected chi connectivity index (χ4v) is 1.87. The topological polar surface area (TPSA) is 78.6 Å². The van der Waals surface area contributed by atoms with Crippen molar-refractivity contribution in [2.75, 3.05) is 6.61 Å². The Balaban J connectivity index is 2.05. The van der Waals surface area contributed by atoms with Gasteiger partial charge in [-0.1, -0.05) is 48.5 Å². The van der Waals surface area contributed by atoms with Crippen LogP contribution in [-0.2, 0) is 14.3 Å². The summed E-state index contributed by atoms with van der Waals surface area (Å²) < 4.78 is 10.3. The highest BCUT2D eigenvalue weighted by atomic mass is 16.6. The van der Waals surface area contributed by atoms with Crippen LogP contribution in [0.4, 0.5) is 0 Å². The molecule has 2 aromatic rings. The first kappa shape index (κ1) is 15.6. The van der Waals surface area contributed by atoms with Crippen LogP contribution >= 0.6 is 0 Å². The Morgan fingerprint density at radius 2 is 1.68 bits per heavy atom. The minimum atomic E-state index is -0.972. The first-order chi connectivity index (χ1) is 10.6. The van der Waals surface area contributed by atoms with Crippen molar-refractivity contribution >= 4 is 11.9 Å². The second-order valence-corrected chi connectivity index (χ2v) is 4.69. The van der Waals surface area contributed by atoms with E-state index >= 15 is 0 Å². The zero-order valence-electron chi connectivity index (χ0n) is 12.2. The number of carbonyl (C=O) groups is 2. The van der Waals surface area contributed by atoms with Gasteiger partial charge in [-0.15, -0.1) is 0 Å². The van der Waals surface area contributed by atoms with E-state index in [9.17, 15) is 9.59 Å². The number of nitrogens with two attached hydrogens (primary N) is 1. The van der Waals surface area contributed by atoms with Crippen molar-refractivity contribution in [3.05, 3.63) is 54.6 Å². The third kappa shape index (κ3) is 4.09. The van der Waals surface area contributed by atoms with E-state index in [-0.39, 0.29) is 6.61 Å². The van der Waals surface area contributed by atoms with Crippen molar-refractivity contribution in [1.29, 1.82) is 0 Å². The molecule has 0 bridgehead atoms. The summed E-state index contributed by atoms with van der Waals surface area (Å²) in [6.07, 6.45) is -0.972. The van der Waals surface area contributed by atoms with Crippen LogP contribution in [-0.4, -0.2) is 24.6 Å². The third-order valence-corrected chi connectivity index (χ3v) is 3.03. The highest BCUT2D eigenvalue weighted by Gasteiger charge is 2.15. The fourth-order valence-electron chi connectivity index (χ4n) is 1.87. The molecule has 2 N–H and O–H groups in total. The third-order valence-electron chi connectivity index (χ3n) is 3.03. The average Bonchev–Trinajstić information content (AvgIpc) is 2.54. The van der Waals surface area contributed by atoms with Gasteiger partial charge in [0.25, 0.3) is 5.91 Å². The van der Waals surface area contributed by atoms with Gasteiger partial charge in [0.05, 0.1) is 0 Å². The molecule has 0 aliphatic carbocycles. The maximum Gasteiger partial charge on any atom is 0.344 e. The number of hydrogen-bond donors (Lipinski definition) is 1. The summed E-state index contributed by atoms with van der Waals surface area (Å²) in [7, 11) is 0. The average molecular weight is 299 g/mol. The summed E-state index contributed by atoms with van der Waals surface area (Å²) in [6.45, 7) is 1.12. The second kappa shape index (κ2) is 7.26. The van der Waals surface area contributed by atoms with E-state index in [0.717, 1.165) is 11.1 Å². The molecule has 5 heteroatoms. The van der Waals surface area contributed by atoms with Crippen LogP contribution in [0.1, 0.15) is 6.92 Å². The standard InChI is InChI=1S/C17H17NO4/c1-12(17(18)20)22-16(19)11-21-15-10-6-5-9-14(15)13-7-3-2-4-8-13/h2-10,12H,11H2,1H3,(H2,18,20). The van der Waals surface area contributed by atoms with Gasteiger partial charge in [-0.3, -0.25) is 4.79 Å². The van der Waals surface area contributed by atoms with Gasteiger partial charge in [0.1, 0.15) is 5.75 Å². The van der Waals surface area contributed by atoms with Crippen LogP contribution in [0.15, 0.2) is 54.6 Å². The molecule has 1 unspecified atom stereocenters. The molecule has 114 valence electrons. The summed E-state index contributed by atoms with van der Waals surface area (Å²) in [5.74, 6) is -0.774. The number of esters is 1. The minimum absolute atomic E-state index is 0.290. The number of rotatable bonds is 6. The van der Waals surface area contributed by atoms with Gasteiger partial charge in [0.15, 0.2) is 12.7 Å². The fraction of sp³-hybridized carbons (Fsp3) is 0.176. The molecule has 2 aromatic carbocycles. The summed E-state index contributed by atoms with van der Waals surface area (Å²) in [5.41, 5.74) is 6.89. The first-order valence-corrected chi connectivity index (χ1v) is 6.84.